The zero-order valence-corrected chi connectivity index (χ0v) is 9.63. The van der Waals surface area contributed by atoms with Crippen LogP contribution in [0.3, 0.4) is 0 Å². The first-order valence-electron chi connectivity index (χ1n) is 4.69. The highest BCUT2D eigenvalue weighted by Crippen LogP contribution is 2.13. The zero-order chi connectivity index (χ0) is 10.4. The number of likely N-dealkylation sites (N-methyl/N-ethyl adjacent to an activating group) is 1. The Morgan fingerprint density at radius 1 is 1.21 bits per heavy atom. The first-order chi connectivity index (χ1) is 6.72. The van der Waals surface area contributed by atoms with E-state index in [1.165, 1.54) is 5.56 Å². The van der Waals surface area contributed by atoms with Crippen molar-refractivity contribution in [3.8, 4) is 5.75 Å². The van der Waals surface area contributed by atoms with Crippen molar-refractivity contribution in [2.24, 2.45) is 0 Å². The van der Waals surface area contributed by atoms with Crippen LogP contribution in [0.25, 0.3) is 0 Å². The van der Waals surface area contributed by atoms with Crippen molar-refractivity contribution in [1.82, 2.24) is 4.90 Å². The van der Waals surface area contributed by atoms with E-state index in [9.17, 15) is 0 Å². The minimum atomic E-state index is 0.729. The van der Waals surface area contributed by atoms with Gasteiger partial charge in [0, 0.05) is 12.3 Å². The molecule has 0 bridgehead atoms. The van der Waals surface area contributed by atoms with Crippen LogP contribution < -0.4 is 4.74 Å². The van der Waals surface area contributed by atoms with Crippen LogP contribution in [0.4, 0.5) is 0 Å². The predicted octanol–water partition coefficient (Wildman–Crippen LogP) is 2.06. The zero-order valence-electron chi connectivity index (χ0n) is 8.73. The Bertz CT molecular complexity index is 258. The molecule has 0 N–H and O–H groups in total. The molecule has 78 valence electrons. The second-order valence-corrected chi connectivity index (χ2v) is 3.77. The predicted molar refractivity (Wildman–Crippen MR) is 63.2 cm³/mol. The molecule has 0 saturated carbocycles. The van der Waals surface area contributed by atoms with Crippen molar-refractivity contribution in [2.45, 2.75) is 5.75 Å². The molecule has 0 aliphatic heterocycles. The maximum atomic E-state index is 5.55. The third-order valence-electron chi connectivity index (χ3n) is 1.91. The number of hydrogen-bond donors (Lipinski definition) is 1. The maximum absolute atomic E-state index is 5.55. The van der Waals surface area contributed by atoms with Gasteiger partial charge in [-0.05, 0) is 31.8 Å². The van der Waals surface area contributed by atoms with E-state index in [-0.39, 0.29) is 0 Å². The molecule has 0 fully saturated rings. The first-order valence-corrected chi connectivity index (χ1v) is 5.33. The van der Waals surface area contributed by atoms with Crippen LogP contribution in [-0.2, 0) is 5.75 Å². The Hall–Kier alpha value is -0.670. The lowest BCUT2D eigenvalue weighted by Crippen LogP contribution is -2.19. The van der Waals surface area contributed by atoms with Gasteiger partial charge >= 0.3 is 0 Å². The monoisotopic (exact) mass is 211 g/mol. The van der Waals surface area contributed by atoms with Crippen LogP contribution in [0.5, 0.6) is 5.75 Å². The molecule has 0 spiro atoms. The molecule has 2 nitrogen and oxygen atoms in total. The highest BCUT2D eigenvalue weighted by atomic mass is 32.1. The van der Waals surface area contributed by atoms with Gasteiger partial charge in [0.2, 0.25) is 0 Å². The van der Waals surface area contributed by atoms with Gasteiger partial charge in [0.25, 0.3) is 0 Å². The van der Waals surface area contributed by atoms with Crippen molar-refractivity contribution < 1.29 is 4.74 Å². The molecular formula is C11H17NOS. The Morgan fingerprint density at radius 3 is 2.36 bits per heavy atom. The molecule has 0 saturated heterocycles. The molecule has 0 aliphatic rings. The van der Waals surface area contributed by atoms with E-state index < -0.39 is 0 Å². The summed E-state index contributed by atoms with van der Waals surface area (Å²) in [6.07, 6.45) is 0. The molecule has 3 heteroatoms. The molecular weight excluding hydrogens is 194 g/mol. The van der Waals surface area contributed by atoms with Crippen molar-refractivity contribution >= 4 is 12.6 Å². The standard InChI is InChI=1S/C11H17NOS/c1-12(2)7-8-13-11-5-3-10(9-14)4-6-11/h3-6,14H,7-9H2,1-2H3. The van der Waals surface area contributed by atoms with Gasteiger partial charge in [-0.1, -0.05) is 12.1 Å². The summed E-state index contributed by atoms with van der Waals surface area (Å²) in [5.74, 6) is 1.70. The SMILES string of the molecule is CN(C)CCOc1ccc(CS)cc1. The Morgan fingerprint density at radius 2 is 1.86 bits per heavy atom. The number of rotatable bonds is 5. The number of thiol groups is 1. The van der Waals surface area contributed by atoms with Crippen molar-refractivity contribution in [3.63, 3.8) is 0 Å². The molecule has 1 rings (SSSR count). The van der Waals surface area contributed by atoms with E-state index in [1.54, 1.807) is 0 Å². The van der Waals surface area contributed by atoms with Gasteiger partial charge in [0.15, 0.2) is 0 Å². The largest absolute Gasteiger partial charge is 0.492 e. The summed E-state index contributed by atoms with van der Waals surface area (Å²) in [6.45, 7) is 1.67. The summed E-state index contributed by atoms with van der Waals surface area (Å²) in [7, 11) is 4.07. The molecule has 1 aromatic rings. The summed E-state index contributed by atoms with van der Waals surface area (Å²) in [6, 6.07) is 8.05. The minimum absolute atomic E-state index is 0.729. The van der Waals surface area contributed by atoms with E-state index >= 15 is 0 Å². The highest BCUT2D eigenvalue weighted by Gasteiger charge is 1.94. The molecule has 0 amide bonds. The normalized spacial score (nSPS) is 10.6. The van der Waals surface area contributed by atoms with Crippen LogP contribution in [0.1, 0.15) is 5.56 Å². The summed E-state index contributed by atoms with van der Waals surface area (Å²) in [5, 5.41) is 0. The van der Waals surface area contributed by atoms with Gasteiger partial charge in [0.05, 0.1) is 0 Å². The summed E-state index contributed by atoms with van der Waals surface area (Å²) < 4.78 is 5.55. The van der Waals surface area contributed by atoms with Gasteiger partial charge in [-0.15, -0.1) is 0 Å². The fourth-order valence-electron chi connectivity index (χ4n) is 1.04. The lowest BCUT2D eigenvalue weighted by Gasteiger charge is -2.10. The quantitative estimate of drug-likeness (QED) is 0.748. The lowest BCUT2D eigenvalue weighted by molar-refractivity contribution is 0.261. The number of ether oxygens (including phenoxy) is 1. The minimum Gasteiger partial charge on any atom is -0.492 e. The van der Waals surface area contributed by atoms with Crippen LogP contribution >= 0.6 is 12.6 Å². The third-order valence-corrected chi connectivity index (χ3v) is 2.28. The molecule has 0 heterocycles. The smallest absolute Gasteiger partial charge is 0.119 e. The lowest BCUT2D eigenvalue weighted by atomic mass is 10.2. The Kier molecular flexibility index (Phi) is 4.84. The highest BCUT2D eigenvalue weighted by molar-refractivity contribution is 7.79. The van der Waals surface area contributed by atoms with Crippen molar-refractivity contribution in [3.05, 3.63) is 29.8 Å². The molecule has 1 aromatic carbocycles. The fourth-order valence-corrected chi connectivity index (χ4v) is 1.25. The van der Waals surface area contributed by atoms with Crippen LogP contribution in [0, 0.1) is 0 Å². The third kappa shape index (κ3) is 4.03. The number of hydrogen-bond acceptors (Lipinski definition) is 3. The summed E-state index contributed by atoms with van der Waals surface area (Å²) in [4.78, 5) is 2.10. The van der Waals surface area contributed by atoms with E-state index in [0.29, 0.717) is 0 Å². The average Bonchev–Trinajstić information content (AvgIpc) is 2.18. The van der Waals surface area contributed by atoms with Crippen LogP contribution in [0.2, 0.25) is 0 Å². The summed E-state index contributed by atoms with van der Waals surface area (Å²) >= 11 is 4.19. The molecule has 0 aliphatic carbocycles. The number of nitrogens with zero attached hydrogens (tertiary/aromatic N) is 1. The van der Waals surface area contributed by atoms with Crippen LogP contribution in [0.15, 0.2) is 24.3 Å². The number of benzene rings is 1. The molecule has 0 aromatic heterocycles. The van der Waals surface area contributed by atoms with E-state index in [0.717, 1.165) is 24.7 Å². The van der Waals surface area contributed by atoms with Gasteiger partial charge < -0.3 is 9.64 Å². The van der Waals surface area contributed by atoms with E-state index in [1.807, 2.05) is 38.4 Å². The second-order valence-electron chi connectivity index (χ2n) is 3.45. The summed E-state index contributed by atoms with van der Waals surface area (Å²) in [5.41, 5.74) is 1.22. The Labute approximate surface area is 91.3 Å². The van der Waals surface area contributed by atoms with Gasteiger partial charge in [-0.3, -0.25) is 0 Å². The van der Waals surface area contributed by atoms with Gasteiger partial charge in [0.1, 0.15) is 12.4 Å². The van der Waals surface area contributed by atoms with Crippen molar-refractivity contribution in [1.29, 1.82) is 0 Å². The van der Waals surface area contributed by atoms with Gasteiger partial charge in [-0.2, -0.15) is 12.6 Å². The van der Waals surface area contributed by atoms with E-state index in [4.69, 9.17) is 4.74 Å². The van der Waals surface area contributed by atoms with Crippen LogP contribution in [-0.4, -0.2) is 32.1 Å². The molecule has 0 unspecified atom stereocenters. The molecule has 0 atom stereocenters. The molecule has 14 heavy (non-hydrogen) atoms. The van der Waals surface area contributed by atoms with Gasteiger partial charge in [-0.25, -0.2) is 0 Å². The molecule has 0 radical (unpaired) electrons. The first kappa shape index (κ1) is 11.4. The van der Waals surface area contributed by atoms with E-state index in [2.05, 4.69) is 17.5 Å². The Balaban J connectivity index is 2.36. The topological polar surface area (TPSA) is 12.5 Å². The van der Waals surface area contributed by atoms with Crippen molar-refractivity contribution in [2.75, 3.05) is 27.2 Å². The average molecular weight is 211 g/mol. The fraction of sp³-hybridized carbons (Fsp3) is 0.455. The maximum Gasteiger partial charge on any atom is 0.119 e. The second kappa shape index (κ2) is 5.94.